The van der Waals surface area contributed by atoms with E-state index in [2.05, 4.69) is 91.7 Å². The molecule has 2 aromatic heterocycles. The van der Waals surface area contributed by atoms with Crippen LogP contribution in [0.2, 0.25) is 0 Å². The maximum atomic E-state index is 14.4. The van der Waals surface area contributed by atoms with Crippen molar-refractivity contribution in [2.45, 2.75) is 91.6 Å². The molecule has 1 aliphatic carbocycles. The normalized spacial score (nSPS) is 28.4. The van der Waals surface area contributed by atoms with Crippen LogP contribution in [0.25, 0.3) is 27.7 Å². The zero-order chi connectivity index (χ0) is 39.9. The summed E-state index contributed by atoms with van der Waals surface area (Å²) >= 11 is 0. The number of methoxy groups -OCH3 is 1. The molecule has 2 unspecified atom stereocenters. The van der Waals surface area contributed by atoms with Gasteiger partial charge in [0.05, 0.1) is 30.4 Å². The molecule has 1 aromatic carbocycles. The Morgan fingerprint density at radius 1 is 1.20 bits per heavy atom. The number of fused-ring (bicyclic) bond motifs is 6. The number of nitrogens with zero attached hydrogens (tertiary/aromatic N) is 4. The molecule has 3 aliphatic heterocycles. The molecule has 1 saturated heterocycles. The van der Waals surface area contributed by atoms with Crippen LogP contribution in [0.1, 0.15) is 77.3 Å². The average molecular weight is 767 g/mol. The minimum atomic E-state index is -0.843. The minimum absolute atomic E-state index is 0.113. The lowest BCUT2D eigenvalue weighted by atomic mass is 9.84. The summed E-state index contributed by atoms with van der Waals surface area (Å²) < 4.78 is 20.3. The monoisotopic (exact) mass is 766 g/mol. The van der Waals surface area contributed by atoms with Gasteiger partial charge in [-0.1, -0.05) is 40.3 Å². The quantitative estimate of drug-likeness (QED) is 0.221. The number of hydrogen-bond donors (Lipinski definition) is 2. The smallest absolute Gasteiger partial charge is 0.324 e. The van der Waals surface area contributed by atoms with Crippen molar-refractivity contribution in [2.75, 3.05) is 39.9 Å². The topological polar surface area (TPSA) is 127 Å². The van der Waals surface area contributed by atoms with Gasteiger partial charge in [0.2, 0.25) is 5.91 Å². The molecule has 4 aliphatic rings. The highest BCUT2D eigenvalue weighted by Crippen LogP contribution is 2.45. The molecule has 2 N–H and O–H groups in total. The van der Waals surface area contributed by atoms with Gasteiger partial charge in [0.15, 0.2) is 0 Å². The molecule has 12 nitrogen and oxygen atoms in total. The van der Waals surface area contributed by atoms with Gasteiger partial charge >= 0.3 is 5.97 Å². The maximum absolute atomic E-state index is 14.4. The number of ether oxygens (including phenoxy) is 3. The van der Waals surface area contributed by atoms with Crippen LogP contribution in [0.3, 0.4) is 0 Å². The van der Waals surface area contributed by atoms with E-state index in [1.165, 1.54) is 11.3 Å². The van der Waals surface area contributed by atoms with Crippen molar-refractivity contribution in [3.8, 4) is 11.3 Å². The Balaban J connectivity index is 1.36. The summed E-state index contributed by atoms with van der Waals surface area (Å²) in [5, 5.41) is 5.75. The number of hydrogen-bond acceptors (Lipinski definition) is 9. The van der Waals surface area contributed by atoms with E-state index in [-0.39, 0.29) is 54.9 Å². The molecule has 5 heterocycles. The summed E-state index contributed by atoms with van der Waals surface area (Å²) in [5.74, 6) is -0.397. The summed E-state index contributed by atoms with van der Waals surface area (Å²) in [6.07, 6.45) is 6.65. The second kappa shape index (κ2) is 16.1. The molecule has 2 fully saturated rings. The van der Waals surface area contributed by atoms with Crippen LogP contribution in [0.5, 0.6) is 0 Å². The lowest BCUT2D eigenvalue weighted by molar-refractivity contribution is -0.155. The predicted molar refractivity (Wildman–Crippen MR) is 216 cm³/mol. The molecular weight excluding hydrogens is 709 g/mol. The molecule has 56 heavy (non-hydrogen) atoms. The van der Waals surface area contributed by atoms with Crippen LogP contribution in [0.4, 0.5) is 0 Å². The zero-order valence-electron chi connectivity index (χ0n) is 34.0. The molecule has 7 rings (SSSR count). The first-order chi connectivity index (χ1) is 26.8. The fourth-order valence-corrected chi connectivity index (χ4v) is 8.97. The Labute approximate surface area is 330 Å². The Bertz CT molecular complexity index is 2010. The van der Waals surface area contributed by atoms with Crippen LogP contribution in [-0.4, -0.2) is 95.3 Å². The van der Waals surface area contributed by atoms with Crippen molar-refractivity contribution >= 4 is 34.3 Å². The summed E-state index contributed by atoms with van der Waals surface area (Å²) in [6.45, 7) is 19.1. The highest BCUT2D eigenvalue weighted by Gasteiger charge is 2.49. The fraction of sp³-hybridized carbons (Fsp3) is 0.545. The second-order valence-corrected chi connectivity index (χ2v) is 16.9. The van der Waals surface area contributed by atoms with E-state index in [1.54, 1.807) is 7.11 Å². The highest BCUT2D eigenvalue weighted by atomic mass is 16.5. The average Bonchev–Trinajstić information content (AvgIpc) is 3.69. The van der Waals surface area contributed by atoms with E-state index >= 15 is 0 Å². The van der Waals surface area contributed by atoms with Gasteiger partial charge in [-0.25, -0.2) is 5.43 Å². The largest absolute Gasteiger partial charge is 0.493 e. The van der Waals surface area contributed by atoms with Crippen molar-refractivity contribution in [1.29, 1.82) is 0 Å². The third kappa shape index (κ3) is 7.88. The van der Waals surface area contributed by atoms with E-state index in [0.29, 0.717) is 38.9 Å². The second-order valence-electron chi connectivity index (χ2n) is 16.9. The standard InChI is InChI=1S/C44H58N6O6/c1-9-49-37-16-15-29-20-33(37)34(40(49)32-13-11-17-45-39(32)28(5)54-8)21-44(6,7)25-56-43(53)35-14-12-18-50(47-35)42(52)36(46-41(51)38-26(3)27(38)4)24-48-22-30(29)19-31(23-48)55-10-2/h10-11,13,15-17,19-20,26-28,31,35-36,38,47H,2,9,12,14,18,21-25H2,1,3-8H3,(H,46,51)/t26-,27+,28-,31+,35-,36-,38?/m0/s1. The Morgan fingerprint density at radius 2 is 1.98 bits per heavy atom. The Kier molecular flexibility index (Phi) is 11.5. The van der Waals surface area contributed by atoms with Gasteiger partial charge in [-0.3, -0.25) is 29.3 Å². The molecular formula is C44H58N6O6. The van der Waals surface area contributed by atoms with E-state index in [0.717, 1.165) is 51.1 Å². The van der Waals surface area contributed by atoms with E-state index in [1.807, 2.05) is 19.2 Å². The van der Waals surface area contributed by atoms with Crippen LogP contribution < -0.4 is 10.7 Å². The summed E-state index contributed by atoms with van der Waals surface area (Å²) in [6, 6.07) is 9.18. The number of carbonyl (C=O) groups is 3. The molecule has 12 heteroatoms. The van der Waals surface area contributed by atoms with Crippen LogP contribution in [0.15, 0.2) is 55.4 Å². The van der Waals surface area contributed by atoms with Crippen LogP contribution >= 0.6 is 0 Å². The molecule has 1 saturated carbocycles. The van der Waals surface area contributed by atoms with Gasteiger partial charge in [0.25, 0.3) is 5.91 Å². The maximum Gasteiger partial charge on any atom is 0.324 e. The van der Waals surface area contributed by atoms with Crippen molar-refractivity contribution in [3.63, 3.8) is 0 Å². The number of esters is 1. The number of nitrogens with one attached hydrogen (secondary N) is 2. The van der Waals surface area contributed by atoms with Crippen molar-refractivity contribution < 1.29 is 28.6 Å². The molecule has 300 valence electrons. The molecule has 0 spiro atoms. The van der Waals surface area contributed by atoms with Gasteiger partial charge in [-0.2, -0.15) is 0 Å². The number of aromatic nitrogens is 2. The van der Waals surface area contributed by atoms with Gasteiger partial charge < -0.3 is 24.1 Å². The lowest BCUT2D eigenvalue weighted by Gasteiger charge is -2.38. The molecule has 0 radical (unpaired) electrons. The SMILES string of the molecule is C=CO[C@@H]1C=C2CN(C1)C[C@H](NC(=O)C1[C@@H](C)[C@H]1C)C(=O)N1CCC[C@H](N1)C(=O)OCC(C)(C)Cc1c(-c3cccnc3[C@H](C)OC)n(CC)c3ccc2cc13. The van der Waals surface area contributed by atoms with E-state index in [9.17, 15) is 14.4 Å². The molecule has 3 aromatic rings. The van der Waals surface area contributed by atoms with Crippen LogP contribution in [-0.2, 0) is 41.6 Å². The Morgan fingerprint density at radius 3 is 2.70 bits per heavy atom. The van der Waals surface area contributed by atoms with E-state index in [4.69, 9.17) is 19.2 Å². The van der Waals surface area contributed by atoms with E-state index < -0.39 is 23.5 Å². The van der Waals surface area contributed by atoms with Gasteiger partial charge in [-0.05, 0) is 92.0 Å². The van der Waals surface area contributed by atoms with Gasteiger partial charge in [0, 0.05) is 73.8 Å². The van der Waals surface area contributed by atoms with Crippen LogP contribution in [0, 0.1) is 23.2 Å². The minimum Gasteiger partial charge on any atom is -0.493 e. The lowest BCUT2D eigenvalue weighted by Crippen LogP contribution is -2.62. The van der Waals surface area contributed by atoms with Gasteiger partial charge in [0.1, 0.15) is 18.2 Å². The fourth-order valence-electron chi connectivity index (χ4n) is 8.97. The molecule has 8 atom stereocenters. The zero-order valence-corrected chi connectivity index (χ0v) is 34.0. The molecule has 2 amide bonds. The number of carbonyl (C=O) groups excluding carboxylic acids is 3. The Hall–Kier alpha value is -4.52. The van der Waals surface area contributed by atoms with Crippen molar-refractivity contribution in [2.24, 2.45) is 23.2 Å². The number of cyclic esters (lactones) is 1. The summed E-state index contributed by atoms with van der Waals surface area (Å²) in [7, 11) is 1.70. The number of aryl methyl sites for hydroxylation is 1. The van der Waals surface area contributed by atoms with Crippen molar-refractivity contribution in [3.05, 3.63) is 72.3 Å². The first-order valence-electron chi connectivity index (χ1n) is 20.2. The first kappa shape index (κ1) is 39.7. The van der Waals surface area contributed by atoms with Gasteiger partial charge in [-0.15, -0.1) is 0 Å². The number of pyridine rings is 1. The highest BCUT2D eigenvalue weighted by molar-refractivity contribution is 5.95. The summed E-state index contributed by atoms with van der Waals surface area (Å²) in [4.78, 5) is 48.7. The number of rotatable bonds is 8. The third-order valence-corrected chi connectivity index (χ3v) is 12.4. The predicted octanol–water partition coefficient (Wildman–Crippen LogP) is 5.67. The first-order valence-corrected chi connectivity index (χ1v) is 20.2. The number of amides is 2. The van der Waals surface area contributed by atoms with Crippen molar-refractivity contribution in [1.82, 2.24) is 30.2 Å². The number of hydrazine groups is 1. The summed E-state index contributed by atoms with van der Waals surface area (Å²) in [5.41, 5.74) is 10.0. The number of benzene rings is 1. The third-order valence-electron chi connectivity index (χ3n) is 12.4. The molecule has 6 bridgehead atoms.